The highest BCUT2D eigenvalue weighted by atomic mass is 32.2. The molecule has 1 atom stereocenters. The number of hydrogen-bond donors (Lipinski definition) is 0. The van der Waals surface area contributed by atoms with Crippen molar-refractivity contribution >= 4 is 23.5 Å². The second-order valence-electron chi connectivity index (χ2n) is 6.82. The van der Waals surface area contributed by atoms with Gasteiger partial charge >= 0.3 is 0 Å². The highest BCUT2D eigenvalue weighted by Gasteiger charge is 2.28. The van der Waals surface area contributed by atoms with Gasteiger partial charge in [-0.2, -0.15) is 0 Å². The standard InChI is InChI=1S/C26H22N2OS/c29-26(25(22-14-6-2-7-15-22)30-23-16-8-3-9-17-23)28(24-18-10-11-19-27-24)20-21-12-4-1-5-13-21/h1-19,25H,20H2. The van der Waals surface area contributed by atoms with Crippen molar-refractivity contribution in [2.75, 3.05) is 4.90 Å². The molecule has 1 aromatic heterocycles. The summed E-state index contributed by atoms with van der Waals surface area (Å²) in [6, 6.07) is 35.7. The zero-order valence-corrected chi connectivity index (χ0v) is 17.3. The number of carbonyl (C=O) groups excluding carboxylic acids is 1. The summed E-state index contributed by atoms with van der Waals surface area (Å²) in [6.45, 7) is 0.468. The van der Waals surface area contributed by atoms with Crippen LogP contribution in [0.2, 0.25) is 0 Å². The van der Waals surface area contributed by atoms with E-state index in [4.69, 9.17) is 0 Å². The lowest BCUT2D eigenvalue weighted by Crippen LogP contribution is -2.34. The summed E-state index contributed by atoms with van der Waals surface area (Å²) in [5.41, 5.74) is 2.04. The Morgan fingerprint density at radius 3 is 2.00 bits per heavy atom. The topological polar surface area (TPSA) is 33.2 Å². The number of nitrogens with zero attached hydrogens (tertiary/aromatic N) is 2. The molecule has 0 radical (unpaired) electrons. The molecule has 0 aliphatic carbocycles. The smallest absolute Gasteiger partial charge is 0.246 e. The predicted octanol–water partition coefficient (Wildman–Crippen LogP) is 6.15. The normalized spacial score (nSPS) is 11.6. The fourth-order valence-corrected chi connectivity index (χ4v) is 4.32. The number of aromatic nitrogens is 1. The van der Waals surface area contributed by atoms with Crippen LogP contribution in [-0.2, 0) is 11.3 Å². The summed E-state index contributed by atoms with van der Waals surface area (Å²) >= 11 is 1.56. The molecular weight excluding hydrogens is 388 g/mol. The third kappa shape index (κ3) is 4.97. The first-order chi connectivity index (χ1) is 14.8. The van der Waals surface area contributed by atoms with Crippen molar-refractivity contribution in [3.63, 3.8) is 0 Å². The Balaban J connectivity index is 1.71. The molecule has 0 aliphatic rings. The SMILES string of the molecule is O=C(C(Sc1ccccc1)c1ccccc1)N(Cc1ccccc1)c1ccccn1. The van der Waals surface area contributed by atoms with Gasteiger partial charge in [0.1, 0.15) is 11.1 Å². The van der Waals surface area contributed by atoms with Crippen molar-refractivity contribution in [3.8, 4) is 0 Å². The summed E-state index contributed by atoms with van der Waals surface area (Å²) in [7, 11) is 0. The van der Waals surface area contributed by atoms with E-state index in [0.29, 0.717) is 12.4 Å². The van der Waals surface area contributed by atoms with Gasteiger partial charge in [-0.3, -0.25) is 9.69 Å². The first-order valence-corrected chi connectivity index (χ1v) is 10.7. The van der Waals surface area contributed by atoms with Gasteiger partial charge in [-0.15, -0.1) is 11.8 Å². The van der Waals surface area contributed by atoms with Crippen LogP contribution in [0.3, 0.4) is 0 Å². The fourth-order valence-electron chi connectivity index (χ4n) is 3.22. The maximum atomic E-state index is 13.9. The van der Waals surface area contributed by atoms with E-state index in [0.717, 1.165) is 16.0 Å². The Morgan fingerprint density at radius 2 is 1.37 bits per heavy atom. The number of rotatable bonds is 7. The van der Waals surface area contributed by atoms with Gasteiger partial charge in [0.05, 0.1) is 6.54 Å². The molecule has 0 spiro atoms. The van der Waals surface area contributed by atoms with Gasteiger partial charge in [0.15, 0.2) is 0 Å². The average Bonchev–Trinajstić information content (AvgIpc) is 2.83. The fraction of sp³-hybridized carbons (Fsp3) is 0.0769. The molecule has 1 heterocycles. The van der Waals surface area contributed by atoms with Crippen LogP contribution in [0.4, 0.5) is 5.82 Å². The molecule has 30 heavy (non-hydrogen) atoms. The predicted molar refractivity (Wildman–Crippen MR) is 123 cm³/mol. The number of hydrogen-bond acceptors (Lipinski definition) is 3. The van der Waals surface area contributed by atoms with Crippen LogP contribution in [0.1, 0.15) is 16.4 Å². The van der Waals surface area contributed by atoms with Crippen LogP contribution >= 0.6 is 11.8 Å². The molecule has 1 unspecified atom stereocenters. The van der Waals surface area contributed by atoms with Crippen molar-refractivity contribution < 1.29 is 4.79 Å². The molecule has 0 fully saturated rings. The quantitative estimate of drug-likeness (QED) is 0.343. The molecule has 3 nitrogen and oxygen atoms in total. The van der Waals surface area contributed by atoms with Crippen molar-refractivity contribution in [1.82, 2.24) is 4.98 Å². The lowest BCUT2D eigenvalue weighted by Gasteiger charge is -2.27. The summed E-state index contributed by atoms with van der Waals surface area (Å²) in [5.74, 6) is 0.665. The van der Waals surface area contributed by atoms with Crippen LogP contribution in [-0.4, -0.2) is 10.9 Å². The molecule has 4 heteroatoms. The second-order valence-corrected chi connectivity index (χ2v) is 8.00. The van der Waals surface area contributed by atoms with Crippen LogP contribution in [0.5, 0.6) is 0 Å². The van der Waals surface area contributed by atoms with Gasteiger partial charge in [-0.25, -0.2) is 4.98 Å². The number of amides is 1. The molecule has 0 bridgehead atoms. The monoisotopic (exact) mass is 410 g/mol. The zero-order chi connectivity index (χ0) is 20.6. The Hall–Kier alpha value is -3.37. The number of pyridine rings is 1. The minimum atomic E-state index is -0.376. The summed E-state index contributed by atoms with van der Waals surface area (Å²) in [4.78, 5) is 21.2. The molecule has 0 N–H and O–H groups in total. The Kier molecular flexibility index (Phi) is 6.58. The first-order valence-electron chi connectivity index (χ1n) is 9.84. The lowest BCUT2D eigenvalue weighted by molar-refractivity contribution is -0.118. The maximum Gasteiger partial charge on any atom is 0.246 e. The van der Waals surface area contributed by atoms with Gasteiger partial charge in [-0.05, 0) is 35.4 Å². The Bertz CT molecular complexity index is 970. The number of thioether (sulfide) groups is 1. The van der Waals surface area contributed by atoms with E-state index in [1.807, 2.05) is 109 Å². The molecule has 1 amide bonds. The third-order valence-corrected chi connectivity index (χ3v) is 5.95. The van der Waals surface area contributed by atoms with Crippen LogP contribution in [0.25, 0.3) is 0 Å². The number of carbonyl (C=O) groups is 1. The third-order valence-electron chi connectivity index (χ3n) is 4.70. The lowest BCUT2D eigenvalue weighted by atomic mass is 10.1. The van der Waals surface area contributed by atoms with E-state index in [-0.39, 0.29) is 11.2 Å². The van der Waals surface area contributed by atoms with E-state index in [1.54, 1.807) is 22.9 Å². The molecule has 4 rings (SSSR count). The van der Waals surface area contributed by atoms with Crippen molar-refractivity contribution in [2.24, 2.45) is 0 Å². The maximum absolute atomic E-state index is 13.9. The molecule has 3 aromatic carbocycles. The largest absolute Gasteiger partial charge is 0.291 e. The van der Waals surface area contributed by atoms with Gasteiger partial charge < -0.3 is 0 Å². The molecule has 0 aliphatic heterocycles. The molecule has 0 saturated carbocycles. The highest BCUT2D eigenvalue weighted by molar-refractivity contribution is 8.00. The van der Waals surface area contributed by atoms with E-state index < -0.39 is 0 Å². The summed E-state index contributed by atoms with van der Waals surface area (Å²) in [5, 5.41) is -0.376. The van der Waals surface area contributed by atoms with E-state index in [1.165, 1.54) is 0 Å². The molecule has 4 aromatic rings. The zero-order valence-electron chi connectivity index (χ0n) is 16.5. The van der Waals surface area contributed by atoms with Crippen molar-refractivity contribution in [3.05, 3.63) is 127 Å². The van der Waals surface area contributed by atoms with Crippen LogP contribution in [0, 0.1) is 0 Å². The number of benzene rings is 3. The van der Waals surface area contributed by atoms with Gasteiger partial charge in [0, 0.05) is 11.1 Å². The second kappa shape index (κ2) is 9.90. The van der Waals surface area contributed by atoms with Gasteiger partial charge in [-0.1, -0.05) is 84.9 Å². The van der Waals surface area contributed by atoms with E-state index in [9.17, 15) is 4.79 Å². The minimum absolute atomic E-state index is 0.0117. The average molecular weight is 411 g/mol. The minimum Gasteiger partial charge on any atom is -0.291 e. The number of anilines is 1. The van der Waals surface area contributed by atoms with Crippen molar-refractivity contribution in [2.45, 2.75) is 16.7 Å². The summed E-state index contributed by atoms with van der Waals surface area (Å²) < 4.78 is 0. The van der Waals surface area contributed by atoms with Gasteiger partial charge in [0.2, 0.25) is 5.91 Å². The molecule has 0 saturated heterocycles. The molecular formula is C26H22N2OS. The van der Waals surface area contributed by atoms with Crippen LogP contribution in [0.15, 0.2) is 120 Å². The Labute approximate surface area is 181 Å². The summed E-state index contributed by atoms with van der Waals surface area (Å²) in [6.07, 6.45) is 1.72. The molecule has 148 valence electrons. The highest BCUT2D eigenvalue weighted by Crippen LogP contribution is 2.37. The van der Waals surface area contributed by atoms with E-state index >= 15 is 0 Å². The van der Waals surface area contributed by atoms with E-state index in [2.05, 4.69) is 4.98 Å². The van der Waals surface area contributed by atoms with Gasteiger partial charge in [0.25, 0.3) is 0 Å². The van der Waals surface area contributed by atoms with Crippen LogP contribution < -0.4 is 4.90 Å². The first kappa shape index (κ1) is 19.9. The Morgan fingerprint density at radius 1 is 0.767 bits per heavy atom. The van der Waals surface area contributed by atoms with Crippen molar-refractivity contribution in [1.29, 1.82) is 0 Å².